The third kappa shape index (κ3) is 3.80. The van der Waals surface area contributed by atoms with Crippen molar-refractivity contribution in [1.82, 2.24) is 9.80 Å². The van der Waals surface area contributed by atoms with Crippen LogP contribution in [0.2, 0.25) is 0 Å². The molecule has 3 aliphatic carbocycles. The number of benzene rings is 1. The summed E-state index contributed by atoms with van der Waals surface area (Å²) in [5.41, 5.74) is 3.66. The lowest BCUT2D eigenvalue weighted by Gasteiger charge is -2.50. The number of aliphatic hydroxyl groups is 3. The number of ketones is 2. The molecule has 5 rings (SSSR count). The number of Topliss-reactive ketones (excluding diaryl/α,β-unsaturated/α-hetero) is 2. The Balaban J connectivity index is 1.70. The Morgan fingerprint density at radius 2 is 1.70 bits per heavy atom. The monoisotopic (exact) mass is 555 g/mol. The van der Waals surface area contributed by atoms with Crippen LogP contribution in [-0.2, 0) is 16.0 Å². The molecule has 0 radical (unpaired) electrons. The van der Waals surface area contributed by atoms with Gasteiger partial charge in [0.25, 0.3) is 5.91 Å². The van der Waals surface area contributed by atoms with E-state index >= 15 is 0 Å². The zero-order chi connectivity index (χ0) is 29.4. The summed E-state index contributed by atoms with van der Waals surface area (Å²) < 4.78 is 0. The molecule has 216 valence electrons. The molecule has 1 heterocycles. The summed E-state index contributed by atoms with van der Waals surface area (Å²) in [6.45, 7) is 2.85. The van der Waals surface area contributed by atoms with Gasteiger partial charge in [0, 0.05) is 57.5 Å². The van der Waals surface area contributed by atoms with E-state index in [1.54, 1.807) is 14.1 Å². The third-order valence-corrected chi connectivity index (χ3v) is 9.00. The number of nitrogens with two attached hydrogens (primary N) is 1. The summed E-state index contributed by atoms with van der Waals surface area (Å²) in [5, 5.41) is 45.7. The van der Waals surface area contributed by atoms with Gasteiger partial charge in [0.05, 0.1) is 17.3 Å². The first-order valence-corrected chi connectivity index (χ1v) is 13.4. The Kier molecular flexibility index (Phi) is 6.63. The Bertz CT molecular complexity index is 1380. The van der Waals surface area contributed by atoms with Gasteiger partial charge in [-0.15, -0.1) is 0 Å². The number of carbonyl (C=O) groups excluding carboxylic acids is 3. The van der Waals surface area contributed by atoms with Crippen LogP contribution < -0.4 is 15.5 Å². The highest BCUT2D eigenvalue weighted by Crippen LogP contribution is 2.54. The quantitative estimate of drug-likeness (QED) is 0.315. The molecule has 1 amide bonds. The summed E-state index contributed by atoms with van der Waals surface area (Å²) in [7, 11) is 8.93. The number of hydrogen-bond donors (Lipinski definition) is 5. The zero-order valence-corrected chi connectivity index (χ0v) is 23.4. The van der Waals surface area contributed by atoms with E-state index in [9.17, 15) is 34.8 Å². The number of carbonyl (C=O) groups is 3. The van der Waals surface area contributed by atoms with Gasteiger partial charge < -0.3 is 40.9 Å². The van der Waals surface area contributed by atoms with Gasteiger partial charge in [0.15, 0.2) is 11.4 Å². The zero-order valence-electron chi connectivity index (χ0n) is 23.4. The summed E-state index contributed by atoms with van der Waals surface area (Å²) in [6.07, 6.45) is 0.304. The van der Waals surface area contributed by atoms with Crippen LogP contribution in [0.5, 0.6) is 5.75 Å². The average Bonchev–Trinajstić information content (AvgIpc) is 2.86. The minimum atomic E-state index is -2.65. The van der Waals surface area contributed by atoms with Crippen molar-refractivity contribution in [2.45, 2.75) is 24.5 Å². The van der Waals surface area contributed by atoms with Gasteiger partial charge in [0.1, 0.15) is 22.8 Å². The molecule has 0 aromatic heterocycles. The van der Waals surface area contributed by atoms with E-state index in [1.807, 2.05) is 37.0 Å². The van der Waals surface area contributed by atoms with Crippen molar-refractivity contribution in [3.05, 3.63) is 39.9 Å². The van der Waals surface area contributed by atoms with E-state index < -0.39 is 58.0 Å². The highest BCUT2D eigenvalue weighted by molar-refractivity contribution is 6.25. The maximum Gasteiger partial charge on any atom is 0.255 e. The summed E-state index contributed by atoms with van der Waals surface area (Å²) in [6, 6.07) is 0.854. The number of rotatable bonds is 4. The second-order valence-corrected chi connectivity index (χ2v) is 11.8. The van der Waals surface area contributed by atoms with Gasteiger partial charge >= 0.3 is 0 Å². The van der Waals surface area contributed by atoms with Crippen molar-refractivity contribution in [1.29, 1.82) is 0 Å². The molecule has 1 aliphatic heterocycles. The lowest BCUT2D eigenvalue weighted by atomic mass is 9.58. The normalized spacial score (nSPS) is 29.0. The number of fused-ring (bicyclic) bond motifs is 3. The lowest BCUT2D eigenvalue weighted by molar-refractivity contribution is -0.148. The van der Waals surface area contributed by atoms with Crippen LogP contribution in [0.1, 0.15) is 22.3 Å². The molecule has 4 atom stereocenters. The number of aromatic hydroxyl groups is 1. The van der Waals surface area contributed by atoms with Crippen LogP contribution in [0, 0.1) is 11.8 Å². The van der Waals surface area contributed by atoms with Crippen molar-refractivity contribution >= 4 is 28.8 Å². The molecule has 12 nitrogen and oxygen atoms in total. The largest absolute Gasteiger partial charge is 0.510 e. The maximum absolute atomic E-state index is 14.2. The molecular weight excluding hydrogens is 518 g/mol. The molecule has 1 aromatic rings. The van der Waals surface area contributed by atoms with Crippen LogP contribution in [0.25, 0.3) is 0 Å². The number of anilines is 2. The lowest BCUT2D eigenvalue weighted by Crippen LogP contribution is -2.63. The molecule has 6 N–H and O–H groups in total. The van der Waals surface area contributed by atoms with Crippen molar-refractivity contribution in [2.24, 2.45) is 17.6 Å². The molecule has 4 aliphatic rings. The fourth-order valence-electron chi connectivity index (χ4n) is 6.97. The van der Waals surface area contributed by atoms with E-state index in [0.717, 1.165) is 18.8 Å². The minimum absolute atomic E-state index is 0.0286. The van der Waals surface area contributed by atoms with E-state index in [1.165, 1.54) is 4.90 Å². The van der Waals surface area contributed by atoms with E-state index in [2.05, 4.69) is 4.90 Å². The predicted molar refractivity (Wildman–Crippen MR) is 148 cm³/mol. The van der Waals surface area contributed by atoms with Crippen LogP contribution in [0.4, 0.5) is 11.4 Å². The fraction of sp³-hybridized carbons (Fsp3) is 0.536. The molecule has 0 spiro atoms. The van der Waals surface area contributed by atoms with Crippen LogP contribution in [0.15, 0.2) is 28.7 Å². The van der Waals surface area contributed by atoms with Crippen molar-refractivity contribution in [3.63, 3.8) is 0 Å². The van der Waals surface area contributed by atoms with Gasteiger partial charge in [-0.3, -0.25) is 19.3 Å². The minimum Gasteiger partial charge on any atom is -0.510 e. The number of piperazine rings is 1. The standard InChI is InChI=1S/C28H37N5O7/c1-30(2)16-12-17(33-8-6-32(5)7-9-33)22(34)19-14(16)10-13-11-15-21(31(3)4)24(36)20(27(29)39)26(38)28(15,40)25(37)18(13)23(19)35/h12-13,15,21,34,36-37,40H,6-11H2,1-5H3,(H2,29,39)/t13-,15-,21+,28-/m0/s1. The number of aliphatic hydroxyl groups excluding tert-OH is 2. The first-order chi connectivity index (χ1) is 18.7. The SMILES string of the molecule is CN1CCN(c2cc(N(C)C)c3c(c2O)C(=O)C2=C(O)[C@]4(O)C(=O)C(C(N)=O)=C(O)[C@H](N(C)C)[C@@H]4C[C@@H]2C3)CC1. The number of likely N-dealkylation sites (N-methyl/N-ethyl adjacent to an activating group) is 2. The van der Waals surface area contributed by atoms with Gasteiger partial charge in [-0.1, -0.05) is 0 Å². The second-order valence-electron chi connectivity index (χ2n) is 11.8. The van der Waals surface area contributed by atoms with Gasteiger partial charge in [0.2, 0.25) is 5.78 Å². The Hall–Kier alpha value is -3.61. The number of hydrogen-bond acceptors (Lipinski definition) is 11. The molecule has 12 heteroatoms. The highest BCUT2D eigenvalue weighted by Gasteiger charge is 2.63. The van der Waals surface area contributed by atoms with E-state index in [4.69, 9.17) is 5.73 Å². The fourth-order valence-corrected chi connectivity index (χ4v) is 6.97. The third-order valence-electron chi connectivity index (χ3n) is 9.00. The maximum atomic E-state index is 14.2. The molecule has 0 bridgehead atoms. The summed E-state index contributed by atoms with van der Waals surface area (Å²) in [4.78, 5) is 47.4. The molecule has 1 fully saturated rings. The number of phenols is 1. The Morgan fingerprint density at radius 3 is 2.25 bits per heavy atom. The first-order valence-electron chi connectivity index (χ1n) is 13.4. The highest BCUT2D eigenvalue weighted by atomic mass is 16.3. The molecule has 1 aromatic carbocycles. The van der Waals surface area contributed by atoms with Gasteiger partial charge in [-0.2, -0.15) is 0 Å². The Labute approximate surface area is 232 Å². The van der Waals surface area contributed by atoms with Gasteiger partial charge in [-0.25, -0.2) is 0 Å². The summed E-state index contributed by atoms with van der Waals surface area (Å²) >= 11 is 0. The van der Waals surface area contributed by atoms with Crippen LogP contribution in [0.3, 0.4) is 0 Å². The number of phenolic OH excluding ortho intramolecular Hbond substituents is 1. The smallest absolute Gasteiger partial charge is 0.255 e. The number of nitrogens with zero attached hydrogens (tertiary/aromatic N) is 4. The van der Waals surface area contributed by atoms with Crippen molar-refractivity contribution < 1.29 is 34.8 Å². The Morgan fingerprint density at radius 1 is 1.07 bits per heavy atom. The van der Waals surface area contributed by atoms with E-state index in [-0.39, 0.29) is 29.7 Å². The van der Waals surface area contributed by atoms with Gasteiger partial charge in [-0.05, 0) is 51.5 Å². The summed E-state index contributed by atoms with van der Waals surface area (Å²) in [5.74, 6) is -6.49. The first kappa shape index (κ1) is 27.9. The second kappa shape index (κ2) is 9.50. The number of allylic oxidation sites excluding steroid dienone is 1. The molecule has 0 unspecified atom stereocenters. The average molecular weight is 556 g/mol. The van der Waals surface area contributed by atoms with E-state index in [0.29, 0.717) is 24.3 Å². The van der Waals surface area contributed by atoms with Crippen molar-refractivity contribution in [2.75, 3.05) is 71.2 Å². The molecular formula is C28H37N5O7. The van der Waals surface area contributed by atoms with Crippen LogP contribution >= 0.6 is 0 Å². The van der Waals surface area contributed by atoms with Crippen LogP contribution in [-0.4, -0.2) is 121 Å². The number of amides is 1. The molecule has 0 saturated carbocycles. The molecule has 1 saturated heterocycles. The number of primary amides is 1. The predicted octanol–water partition coefficient (Wildman–Crippen LogP) is -0.0616. The topological polar surface area (TPSA) is 171 Å². The molecule has 40 heavy (non-hydrogen) atoms. The van der Waals surface area contributed by atoms with Crippen molar-refractivity contribution in [3.8, 4) is 5.75 Å².